The second kappa shape index (κ2) is 16.5. The number of nitrogens with one attached hydrogen (secondary N) is 1. The van der Waals surface area contributed by atoms with E-state index in [1.807, 2.05) is 44.2 Å². The number of rotatable bonds is 14. The highest BCUT2D eigenvalue weighted by atomic mass is 35.5. The third-order valence-corrected chi connectivity index (χ3v) is 10.6. The first-order valence-electron chi connectivity index (χ1n) is 15.3. The SMILES string of the molecule is CCCCNC(=O)[C@@H](Cc1ccccc1)N(Cc1ccc(Cl)cc1Cl)C(=O)CN(c1cccc(Cl)c1C)S(=O)(=O)c1ccc(C)cc1. The molecule has 0 bridgehead atoms. The molecule has 0 saturated heterocycles. The van der Waals surface area contributed by atoms with Crippen LogP contribution in [0.3, 0.4) is 0 Å². The van der Waals surface area contributed by atoms with Gasteiger partial charge < -0.3 is 10.2 Å². The lowest BCUT2D eigenvalue weighted by atomic mass is 10.0. The van der Waals surface area contributed by atoms with E-state index in [0.717, 1.165) is 28.3 Å². The zero-order valence-electron chi connectivity index (χ0n) is 26.5. The second-order valence-corrected chi connectivity index (χ2v) is 14.4. The molecule has 4 aromatic carbocycles. The molecule has 0 saturated carbocycles. The van der Waals surface area contributed by atoms with Crippen LogP contribution in [0.15, 0.2) is 95.9 Å². The fraction of sp³-hybridized carbons (Fsp3) is 0.278. The average Bonchev–Trinajstić information content (AvgIpc) is 3.04. The monoisotopic (exact) mass is 713 g/mol. The second-order valence-electron chi connectivity index (χ2n) is 11.3. The fourth-order valence-corrected chi connectivity index (χ4v) is 7.22. The van der Waals surface area contributed by atoms with Crippen LogP contribution in [0.1, 0.15) is 42.0 Å². The summed E-state index contributed by atoms with van der Waals surface area (Å²) in [4.78, 5) is 30.0. The molecule has 0 aromatic heterocycles. The smallest absolute Gasteiger partial charge is 0.264 e. The summed E-state index contributed by atoms with van der Waals surface area (Å²) in [6.45, 7) is 5.34. The molecule has 4 aromatic rings. The number of anilines is 1. The van der Waals surface area contributed by atoms with Crippen molar-refractivity contribution in [2.45, 2.75) is 57.5 Å². The van der Waals surface area contributed by atoms with Crippen molar-refractivity contribution in [3.8, 4) is 0 Å². The van der Waals surface area contributed by atoms with Crippen molar-refractivity contribution in [2.75, 3.05) is 17.4 Å². The first-order valence-corrected chi connectivity index (χ1v) is 17.9. The highest BCUT2D eigenvalue weighted by molar-refractivity contribution is 7.92. The summed E-state index contributed by atoms with van der Waals surface area (Å²) < 4.78 is 29.6. The van der Waals surface area contributed by atoms with Crippen LogP contribution in [-0.4, -0.2) is 44.3 Å². The molecule has 47 heavy (non-hydrogen) atoms. The van der Waals surface area contributed by atoms with Gasteiger partial charge in [-0.15, -0.1) is 0 Å². The van der Waals surface area contributed by atoms with Crippen molar-refractivity contribution in [1.29, 1.82) is 0 Å². The van der Waals surface area contributed by atoms with Crippen molar-refractivity contribution >= 4 is 62.3 Å². The van der Waals surface area contributed by atoms with E-state index < -0.39 is 28.5 Å². The van der Waals surface area contributed by atoms with E-state index in [2.05, 4.69) is 5.32 Å². The van der Waals surface area contributed by atoms with E-state index in [-0.39, 0.29) is 29.5 Å². The molecule has 1 N–H and O–H groups in total. The van der Waals surface area contributed by atoms with E-state index in [9.17, 15) is 18.0 Å². The molecule has 1 atom stereocenters. The molecule has 0 radical (unpaired) electrons. The van der Waals surface area contributed by atoms with Gasteiger partial charge in [0.25, 0.3) is 10.0 Å². The standard InChI is InChI=1S/C36H38Cl3N3O4S/c1-4-5-20-40-36(44)34(21-27-10-7-6-8-11-27)41(23-28-16-17-29(37)22-32(28)39)35(43)24-42(33-13-9-12-31(38)26(33)3)47(45,46)30-18-14-25(2)15-19-30/h6-19,22,34H,4-5,20-21,23-24H2,1-3H3,(H,40,44)/t34-/m1/s1. The Morgan fingerprint density at radius 3 is 2.21 bits per heavy atom. The van der Waals surface area contributed by atoms with Gasteiger partial charge in [-0.2, -0.15) is 0 Å². The van der Waals surface area contributed by atoms with Gasteiger partial charge in [0.1, 0.15) is 12.6 Å². The van der Waals surface area contributed by atoms with Crippen molar-refractivity contribution in [2.24, 2.45) is 0 Å². The lowest BCUT2D eigenvalue weighted by Gasteiger charge is -2.34. The number of carbonyl (C=O) groups excluding carboxylic acids is 2. The summed E-state index contributed by atoms with van der Waals surface area (Å²) >= 11 is 19.2. The number of hydrogen-bond acceptors (Lipinski definition) is 4. The Hall–Kier alpha value is -3.56. The molecule has 11 heteroatoms. The van der Waals surface area contributed by atoms with Gasteiger partial charge in [-0.1, -0.05) is 108 Å². The Morgan fingerprint density at radius 2 is 1.55 bits per heavy atom. The third kappa shape index (κ3) is 9.29. The number of carbonyl (C=O) groups is 2. The molecular formula is C36H38Cl3N3O4S. The van der Waals surface area contributed by atoms with Crippen LogP contribution in [0.2, 0.25) is 15.1 Å². The average molecular weight is 715 g/mol. The van der Waals surface area contributed by atoms with Crippen molar-refractivity contribution < 1.29 is 18.0 Å². The maximum atomic E-state index is 14.6. The van der Waals surface area contributed by atoms with E-state index in [1.165, 1.54) is 17.0 Å². The minimum atomic E-state index is -4.26. The molecule has 4 rings (SSSR count). The normalized spacial score (nSPS) is 12.0. The van der Waals surface area contributed by atoms with Gasteiger partial charge in [0, 0.05) is 34.6 Å². The number of benzene rings is 4. The molecule has 0 aliphatic carbocycles. The summed E-state index contributed by atoms with van der Waals surface area (Å²) in [7, 11) is -4.26. The molecule has 0 spiro atoms. The lowest BCUT2D eigenvalue weighted by Crippen LogP contribution is -2.53. The summed E-state index contributed by atoms with van der Waals surface area (Å²) in [6.07, 6.45) is 1.82. The largest absolute Gasteiger partial charge is 0.354 e. The number of halogens is 3. The number of amides is 2. The van der Waals surface area contributed by atoms with Gasteiger partial charge in [0.05, 0.1) is 10.6 Å². The number of unbranched alkanes of at least 4 members (excludes halogenated alkanes) is 1. The van der Waals surface area contributed by atoms with Gasteiger partial charge in [-0.3, -0.25) is 13.9 Å². The fourth-order valence-electron chi connectivity index (χ4n) is 5.11. The predicted octanol–water partition coefficient (Wildman–Crippen LogP) is 8.02. The summed E-state index contributed by atoms with van der Waals surface area (Å²) in [5, 5.41) is 4.06. The van der Waals surface area contributed by atoms with E-state index in [1.54, 1.807) is 55.5 Å². The van der Waals surface area contributed by atoms with E-state index >= 15 is 0 Å². The van der Waals surface area contributed by atoms with Crippen LogP contribution in [-0.2, 0) is 32.6 Å². The molecule has 248 valence electrons. The van der Waals surface area contributed by atoms with Crippen molar-refractivity contribution in [1.82, 2.24) is 10.2 Å². The minimum absolute atomic E-state index is 0.0146. The molecule has 2 amide bonds. The molecule has 7 nitrogen and oxygen atoms in total. The quantitative estimate of drug-likeness (QED) is 0.134. The molecular weight excluding hydrogens is 677 g/mol. The van der Waals surface area contributed by atoms with Crippen LogP contribution in [0, 0.1) is 13.8 Å². The first kappa shape index (κ1) is 36.3. The maximum absolute atomic E-state index is 14.6. The summed E-state index contributed by atoms with van der Waals surface area (Å²) in [5.41, 5.74) is 3.01. The number of nitrogens with zero attached hydrogens (tertiary/aromatic N) is 2. The summed E-state index contributed by atoms with van der Waals surface area (Å²) in [5.74, 6) is -0.953. The lowest BCUT2D eigenvalue weighted by molar-refractivity contribution is -0.140. The van der Waals surface area contributed by atoms with Crippen LogP contribution >= 0.6 is 34.8 Å². The highest BCUT2D eigenvalue weighted by Gasteiger charge is 2.35. The molecule has 0 heterocycles. The first-order chi connectivity index (χ1) is 22.4. The zero-order chi connectivity index (χ0) is 34.1. The Bertz CT molecular complexity index is 1800. The number of hydrogen-bond donors (Lipinski definition) is 1. The topological polar surface area (TPSA) is 86.8 Å². The van der Waals surface area contributed by atoms with Crippen molar-refractivity contribution in [3.05, 3.63) is 128 Å². The van der Waals surface area contributed by atoms with Crippen LogP contribution in [0.5, 0.6) is 0 Å². The minimum Gasteiger partial charge on any atom is -0.354 e. The number of sulfonamides is 1. The van der Waals surface area contributed by atoms with Crippen molar-refractivity contribution in [3.63, 3.8) is 0 Å². The summed E-state index contributed by atoms with van der Waals surface area (Å²) in [6, 6.07) is 24.6. The predicted molar refractivity (Wildman–Crippen MR) is 191 cm³/mol. The van der Waals surface area contributed by atoms with Gasteiger partial charge in [-0.05, 0) is 73.4 Å². The highest BCUT2D eigenvalue weighted by Crippen LogP contribution is 2.32. The molecule has 0 aliphatic heterocycles. The Balaban J connectivity index is 1.84. The van der Waals surface area contributed by atoms with Gasteiger partial charge in [0.2, 0.25) is 11.8 Å². The van der Waals surface area contributed by atoms with Crippen LogP contribution in [0.4, 0.5) is 5.69 Å². The zero-order valence-corrected chi connectivity index (χ0v) is 29.6. The van der Waals surface area contributed by atoms with Gasteiger partial charge in [0.15, 0.2) is 0 Å². The number of aryl methyl sites for hydroxylation is 1. The molecule has 0 unspecified atom stereocenters. The van der Waals surface area contributed by atoms with Gasteiger partial charge >= 0.3 is 0 Å². The Kier molecular flexibility index (Phi) is 12.7. The van der Waals surface area contributed by atoms with Crippen LogP contribution < -0.4 is 9.62 Å². The Labute approximate surface area is 292 Å². The Morgan fingerprint density at radius 1 is 0.851 bits per heavy atom. The van der Waals surface area contributed by atoms with E-state index in [4.69, 9.17) is 34.8 Å². The maximum Gasteiger partial charge on any atom is 0.264 e. The molecule has 0 aliphatic rings. The van der Waals surface area contributed by atoms with Crippen LogP contribution in [0.25, 0.3) is 0 Å². The van der Waals surface area contributed by atoms with Gasteiger partial charge in [-0.25, -0.2) is 8.42 Å². The third-order valence-electron chi connectivity index (χ3n) is 7.85. The van der Waals surface area contributed by atoms with E-state index in [0.29, 0.717) is 32.7 Å². The molecule has 0 fully saturated rings.